The Morgan fingerprint density at radius 1 is 1.10 bits per heavy atom. The van der Waals surface area contributed by atoms with Crippen molar-refractivity contribution in [3.63, 3.8) is 0 Å². The minimum absolute atomic E-state index is 0.0268. The van der Waals surface area contributed by atoms with Crippen LogP contribution < -0.4 is 4.74 Å². The minimum atomic E-state index is 0.0268. The molecule has 1 aliphatic heterocycles. The smallest absolute Gasteiger partial charge is 0.157 e. The molecule has 4 heteroatoms. The summed E-state index contributed by atoms with van der Waals surface area (Å²) in [4.78, 5) is 0. The molecule has 0 radical (unpaired) electrons. The van der Waals surface area contributed by atoms with E-state index in [0.29, 0.717) is 6.61 Å². The predicted octanol–water partition coefficient (Wildman–Crippen LogP) is 3.54. The topological polar surface area (TPSA) is 36.9 Å². The Bertz CT molecular complexity index is 371. The maximum atomic E-state index is 5.68. The molecule has 0 amide bonds. The molecule has 118 valence electrons. The van der Waals surface area contributed by atoms with Crippen molar-refractivity contribution in [1.82, 2.24) is 0 Å². The van der Waals surface area contributed by atoms with Crippen molar-refractivity contribution in [2.75, 3.05) is 26.9 Å². The fourth-order valence-corrected chi connectivity index (χ4v) is 2.28. The van der Waals surface area contributed by atoms with E-state index in [1.54, 1.807) is 7.11 Å². The van der Waals surface area contributed by atoms with Gasteiger partial charge >= 0.3 is 0 Å². The van der Waals surface area contributed by atoms with E-state index in [9.17, 15) is 0 Å². The summed E-state index contributed by atoms with van der Waals surface area (Å²) in [6, 6.07) is 7.97. The molecule has 0 N–H and O–H groups in total. The van der Waals surface area contributed by atoms with Crippen molar-refractivity contribution in [3.05, 3.63) is 29.8 Å². The van der Waals surface area contributed by atoms with Crippen molar-refractivity contribution in [2.24, 2.45) is 0 Å². The highest BCUT2D eigenvalue weighted by molar-refractivity contribution is 5.26. The third-order valence-corrected chi connectivity index (χ3v) is 3.55. The summed E-state index contributed by atoms with van der Waals surface area (Å²) in [6.07, 6.45) is 5.48. The summed E-state index contributed by atoms with van der Waals surface area (Å²) in [5.41, 5.74) is 1.17. The molecule has 1 saturated heterocycles. The zero-order chi connectivity index (χ0) is 14.8. The molecule has 0 spiro atoms. The average molecular weight is 294 g/mol. The lowest BCUT2D eigenvalue weighted by atomic mass is 10.2. The van der Waals surface area contributed by atoms with Crippen LogP contribution in [0.4, 0.5) is 0 Å². The number of methoxy groups -OCH3 is 1. The summed E-state index contributed by atoms with van der Waals surface area (Å²) in [7, 11) is 1.67. The SMILES string of the molecule is COc1ccc(COCCCCOC2CCCCO2)cc1. The molecular weight excluding hydrogens is 268 g/mol. The number of rotatable bonds is 9. The largest absolute Gasteiger partial charge is 0.497 e. The third-order valence-electron chi connectivity index (χ3n) is 3.55. The molecule has 21 heavy (non-hydrogen) atoms. The van der Waals surface area contributed by atoms with Gasteiger partial charge < -0.3 is 18.9 Å². The Morgan fingerprint density at radius 2 is 1.90 bits per heavy atom. The third kappa shape index (κ3) is 6.46. The number of benzene rings is 1. The zero-order valence-corrected chi connectivity index (χ0v) is 12.9. The van der Waals surface area contributed by atoms with Crippen LogP contribution in [-0.4, -0.2) is 33.2 Å². The van der Waals surface area contributed by atoms with Gasteiger partial charge in [0.15, 0.2) is 6.29 Å². The van der Waals surface area contributed by atoms with Crippen LogP contribution >= 0.6 is 0 Å². The second-order valence-corrected chi connectivity index (χ2v) is 5.27. The van der Waals surface area contributed by atoms with E-state index < -0.39 is 0 Å². The van der Waals surface area contributed by atoms with E-state index >= 15 is 0 Å². The summed E-state index contributed by atoms with van der Waals surface area (Å²) in [5.74, 6) is 0.876. The molecule has 2 rings (SSSR count). The molecule has 1 aromatic rings. The molecule has 1 atom stereocenters. The molecule has 0 aromatic heterocycles. The predicted molar refractivity (Wildman–Crippen MR) is 81.4 cm³/mol. The number of hydrogen-bond donors (Lipinski definition) is 0. The molecule has 0 aliphatic carbocycles. The lowest BCUT2D eigenvalue weighted by Gasteiger charge is -2.22. The fraction of sp³-hybridized carbons (Fsp3) is 0.647. The highest BCUT2D eigenvalue weighted by atomic mass is 16.7. The van der Waals surface area contributed by atoms with Gasteiger partial charge in [-0.25, -0.2) is 0 Å². The van der Waals surface area contributed by atoms with Crippen LogP contribution in [0.3, 0.4) is 0 Å². The van der Waals surface area contributed by atoms with Crippen molar-refractivity contribution in [2.45, 2.75) is 45.0 Å². The number of ether oxygens (including phenoxy) is 4. The van der Waals surface area contributed by atoms with Gasteiger partial charge in [0.2, 0.25) is 0 Å². The van der Waals surface area contributed by atoms with Gasteiger partial charge in [0.25, 0.3) is 0 Å². The Labute approximate surface area is 127 Å². The maximum Gasteiger partial charge on any atom is 0.157 e. The van der Waals surface area contributed by atoms with Crippen LogP contribution in [0.2, 0.25) is 0 Å². The van der Waals surface area contributed by atoms with Gasteiger partial charge in [-0.05, 0) is 49.8 Å². The van der Waals surface area contributed by atoms with E-state index in [-0.39, 0.29) is 6.29 Å². The molecule has 1 aliphatic rings. The van der Waals surface area contributed by atoms with E-state index in [2.05, 4.69) is 0 Å². The van der Waals surface area contributed by atoms with Gasteiger partial charge in [0, 0.05) is 19.8 Å². The highest BCUT2D eigenvalue weighted by Crippen LogP contribution is 2.14. The van der Waals surface area contributed by atoms with Crippen LogP contribution in [0.1, 0.15) is 37.7 Å². The molecule has 4 nitrogen and oxygen atoms in total. The summed E-state index contributed by atoms with van der Waals surface area (Å²) < 4.78 is 22.0. The monoisotopic (exact) mass is 294 g/mol. The quantitative estimate of drug-likeness (QED) is 0.653. The van der Waals surface area contributed by atoms with Crippen LogP contribution in [0, 0.1) is 0 Å². The second-order valence-electron chi connectivity index (χ2n) is 5.27. The van der Waals surface area contributed by atoms with Crippen molar-refractivity contribution in [3.8, 4) is 5.75 Å². The molecule has 0 saturated carbocycles. The van der Waals surface area contributed by atoms with Crippen molar-refractivity contribution < 1.29 is 18.9 Å². The van der Waals surface area contributed by atoms with Gasteiger partial charge in [-0.1, -0.05) is 12.1 Å². The normalized spacial score (nSPS) is 18.6. The van der Waals surface area contributed by atoms with Crippen molar-refractivity contribution in [1.29, 1.82) is 0 Å². The van der Waals surface area contributed by atoms with E-state index in [1.165, 1.54) is 18.4 Å². The Morgan fingerprint density at radius 3 is 2.62 bits per heavy atom. The van der Waals surface area contributed by atoms with Gasteiger partial charge in [-0.3, -0.25) is 0 Å². The van der Waals surface area contributed by atoms with E-state index in [0.717, 1.165) is 44.8 Å². The number of unbranched alkanes of at least 4 members (excludes halogenated alkanes) is 1. The first kappa shape index (κ1) is 16.3. The van der Waals surface area contributed by atoms with Gasteiger partial charge in [-0.15, -0.1) is 0 Å². The van der Waals surface area contributed by atoms with Crippen LogP contribution in [0.5, 0.6) is 5.75 Å². The summed E-state index contributed by atoms with van der Waals surface area (Å²) >= 11 is 0. The first-order chi connectivity index (χ1) is 10.4. The fourth-order valence-electron chi connectivity index (χ4n) is 2.28. The standard InChI is InChI=1S/C17H26O4/c1-18-16-9-7-15(8-10-16)14-19-11-4-5-13-21-17-6-2-3-12-20-17/h7-10,17H,2-6,11-14H2,1H3. The van der Waals surface area contributed by atoms with Gasteiger partial charge in [0.1, 0.15) is 5.75 Å². The minimum Gasteiger partial charge on any atom is -0.497 e. The molecule has 1 aromatic carbocycles. The molecule has 0 bridgehead atoms. The van der Waals surface area contributed by atoms with E-state index in [1.807, 2.05) is 24.3 Å². The Hall–Kier alpha value is -1.10. The average Bonchev–Trinajstić information content (AvgIpc) is 2.55. The lowest BCUT2D eigenvalue weighted by Crippen LogP contribution is -2.22. The van der Waals surface area contributed by atoms with Crippen LogP contribution in [0.25, 0.3) is 0 Å². The second kappa shape index (κ2) is 9.77. The van der Waals surface area contributed by atoms with Crippen LogP contribution in [-0.2, 0) is 20.8 Å². The summed E-state index contributed by atoms with van der Waals surface area (Å²) in [5, 5.41) is 0. The van der Waals surface area contributed by atoms with Crippen molar-refractivity contribution >= 4 is 0 Å². The Balaban J connectivity index is 1.46. The Kier molecular flexibility index (Phi) is 7.57. The van der Waals surface area contributed by atoms with Crippen LogP contribution in [0.15, 0.2) is 24.3 Å². The molecule has 1 unspecified atom stereocenters. The maximum absolute atomic E-state index is 5.68. The van der Waals surface area contributed by atoms with Gasteiger partial charge in [-0.2, -0.15) is 0 Å². The lowest BCUT2D eigenvalue weighted by molar-refractivity contribution is -0.163. The summed E-state index contributed by atoms with van der Waals surface area (Å²) in [6.45, 7) is 3.02. The molecule has 1 heterocycles. The first-order valence-corrected chi connectivity index (χ1v) is 7.82. The van der Waals surface area contributed by atoms with Gasteiger partial charge in [0.05, 0.1) is 13.7 Å². The zero-order valence-electron chi connectivity index (χ0n) is 12.9. The molecule has 1 fully saturated rings. The highest BCUT2D eigenvalue weighted by Gasteiger charge is 2.13. The molecular formula is C17H26O4. The van der Waals surface area contributed by atoms with E-state index in [4.69, 9.17) is 18.9 Å². The number of hydrogen-bond acceptors (Lipinski definition) is 4. The first-order valence-electron chi connectivity index (χ1n) is 7.82.